The minimum Gasteiger partial charge on any atom is -0.492 e. The van der Waals surface area contributed by atoms with E-state index in [4.69, 9.17) is 4.74 Å². The van der Waals surface area contributed by atoms with Gasteiger partial charge in [-0.2, -0.15) is 5.26 Å². The number of carbonyl (C=O) groups excluding carboxylic acids is 4. The van der Waals surface area contributed by atoms with Gasteiger partial charge in [0, 0.05) is 4.88 Å². The third-order valence-electron chi connectivity index (χ3n) is 5.55. The second-order valence-corrected chi connectivity index (χ2v) is 8.75. The van der Waals surface area contributed by atoms with Gasteiger partial charge in [0.2, 0.25) is 5.91 Å². The number of thiophene rings is 1. The van der Waals surface area contributed by atoms with Crippen LogP contribution >= 0.6 is 11.3 Å². The first-order valence-corrected chi connectivity index (χ1v) is 11.5. The van der Waals surface area contributed by atoms with Crippen LogP contribution in [0.5, 0.6) is 5.75 Å². The maximum absolute atomic E-state index is 12.9. The molecule has 2 aromatic rings. The van der Waals surface area contributed by atoms with E-state index in [0.717, 1.165) is 42.5 Å². The Morgan fingerprint density at radius 3 is 2.67 bits per heavy atom. The Hall–Kier alpha value is -3.71. The van der Waals surface area contributed by atoms with Gasteiger partial charge in [0.1, 0.15) is 23.4 Å². The first-order valence-electron chi connectivity index (χ1n) is 10.7. The fourth-order valence-electron chi connectivity index (χ4n) is 4.04. The summed E-state index contributed by atoms with van der Waals surface area (Å²) in [5.41, 5.74) is 1.55. The maximum atomic E-state index is 12.9. The lowest BCUT2D eigenvalue weighted by Gasteiger charge is -2.18. The average molecular weight is 467 g/mol. The van der Waals surface area contributed by atoms with Gasteiger partial charge in [-0.3, -0.25) is 14.4 Å². The quantitative estimate of drug-likeness (QED) is 0.397. The summed E-state index contributed by atoms with van der Waals surface area (Å²) in [6, 6.07) is 7.63. The lowest BCUT2D eigenvalue weighted by molar-refractivity contribution is -0.140. The van der Waals surface area contributed by atoms with Crippen LogP contribution < -0.4 is 15.0 Å². The van der Waals surface area contributed by atoms with E-state index >= 15 is 0 Å². The number of para-hydroxylation sites is 2. The number of fused-ring (bicyclic) bond motifs is 1. The number of nitriles is 1. The van der Waals surface area contributed by atoms with Gasteiger partial charge in [-0.15, -0.1) is 11.3 Å². The van der Waals surface area contributed by atoms with Crippen molar-refractivity contribution >= 4 is 45.8 Å². The Labute approximate surface area is 194 Å². The highest BCUT2D eigenvalue weighted by Gasteiger charge is 2.47. The molecule has 1 aliphatic carbocycles. The summed E-state index contributed by atoms with van der Waals surface area (Å²) in [5.74, 6) is -2.53. The standard InChI is InChI=1S/C23H22N4O5S/c1-2-32-17-10-7-6-9-16(17)27-22(30)21(29)26(23(27)31)13-19(28)25-20-15(12-24)14-8-4-3-5-11-18(14)33-20/h6-7,9-10H,2-5,8,11,13H2,1H3,(H,25,28). The molecule has 1 aromatic carbocycles. The maximum Gasteiger partial charge on any atom is 0.339 e. The molecular formula is C23H22N4O5S. The van der Waals surface area contributed by atoms with Crippen LogP contribution in [0.1, 0.15) is 42.2 Å². The van der Waals surface area contributed by atoms with Gasteiger partial charge in [0.15, 0.2) is 0 Å². The zero-order chi connectivity index (χ0) is 23.5. The molecule has 0 spiro atoms. The molecule has 0 saturated carbocycles. The Morgan fingerprint density at radius 2 is 1.91 bits per heavy atom. The van der Waals surface area contributed by atoms with Crippen molar-refractivity contribution in [3.8, 4) is 11.8 Å². The molecule has 0 unspecified atom stereocenters. The molecule has 1 aliphatic heterocycles. The number of carbonyl (C=O) groups is 4. The van der Waals surface area contributed by atoms with Gasteiger partial charge < -0.3 is 10.1 Å². The normalized spacial score (nSPS) is 15.8. The second kappa shape index (κ2) is 9.42. The van der Waals surface area contributed by atoms with Crippen LogP contribution in [-0.2, 0) is 27.2 Å². The van der Waals surface area contributed by atoms with E-state index in [0.29, 0.717) is 27.0 Å². The number of anilines is 2. The Morgan fingerprint density at radius 1 is 1.15 bits per heavy atom. The van der Waals surface area contributed by atoms with E-state index < -0.39 is 30.3 Å². The highest BCUT2D eigenvalue weighted by Crippen LogP contribution is 2.37. The van der Waals surface area contributed by atoms with Gasteiger partial charge >= 0.3 is 17.8 Å². The Balaban J connectivity index is 1.53. The van der Waals surface area contributed by atoms with Crippen LogP contribution in [0, 0.1) is 11.3 Å². The van der Waals surface area contributed by atoms with E-state index in [-0.39, 0.29) is 11.4 Å². The van der Waals surface area contributed by atoms with Gasteiger partial charge in [-0.25, -0.2) is 14.6 Å². The fourth-order valence-corrected chi connectivity index (χ4v) is 5.29. The van der Waals surface area contributed by atoms with Crippen molar-refractivity contribution in [2.75, 3.05) is 23.4 Å². The molecule has 33 heavy (non-hydrogen) atoms. The molecule has 1 aromatic heterocycles. The average Bonchev–Trinajstić information content (AvgIpc) is 3.09. The van der Waals surface area contributed by atoms with Crippen molar-refractivity contribution in [3.63, 3.8) is 0 Å². The summed E-state index contributed by atoms with van der Waals surface area (Å²) in [4.78, 5) is 53.1. The predicted molar refractivity (Wildman–Crippen MR) is 121 cm³/mol. The predicted octanol–water partition coefficient (Wildman–Crippen LogP) is 3.22. The van der Waals surface area contributed by atoms with E-state index in [9.17, 15) is 24.4 Å². The molecular weight excluding hydrogens is 444 g/mol. The van der Waals surface area contributed by atoms with Crippen LogP contribution in [0.15, 0.2) is 24.3 Å². The molecule has 5 amide bonds. The van der Waals surface area contributed by atoms with E-state index in [1.54, 1.807) is 25.1 Å². The minimum absolute atomic E-state index is 0.138. The Bertz CT molecular complexity index is 1180. The van der Waals surface area contributed by atoms with E-state index in [1.165, 1.54) is 17.4 Å². The summed E-state index contributed by atoms with van der Waals surface area (Å²) in [7, 11) is 0. The van der Waals surface area contributed by atoms with Crippen LogP contribution in [0.4, 0.5) is 15.5 Å². The summed E-state index contributed by atoms with van der Waals surface area (Å²) in [5, 5.41) is 12.7. The Kier molecular flexibility index (Phi) is 6.42. The van der Waals surface area contributed by atoms with Crippen LogP contribution in [0.2, 0.25) is 0 Å². The molecule has 2 aliphatic rings. The zero-order valence-electron chi connectivity index (χ0n) is 18.1. The highest BCUT2D eigenvalue weighted by atomic mass is 32.1. The van der Waals surface area contributed by atoms with Gasteiger partial charge in [-0.1, -0.05) is 18.6 Å². The van der Waals surface area contributed by atoms with Gasteiger partial charge in [0.05, 0.1) is 17.9 Å². The largest absolute Gasteiger partial charge is 0.492 e. The van der Waals surface area contributed by atoms with Crippen molar-refractivity contribution in [2.24, 2.45) is 0 Å². The summed E-state index contributed by atoms with van der Waals surface area (Å²) in [6.45, 7) is 1.43. The monoisotopic (exact) mass is 466 g/mol. The van der Waals surface area contributed by atoms with E-state index in [1.807, 2.05) is 0 Å². The third-order valence-corrected chi connectivity index (χ3v) is 6.75. The summed E-state index contributed by atoms with van der Waals surface area (Å²) >= 11 is 1.36. The number of imide groups is 2. The molecule has 170 valence electrons. The minimum atomic E-state index is -1.09. The molecule has 4 rings (SSSR count). The fraction of sp³-hybridized carbons (Fsp3) is 0.348. The smallest absolute Gasteiger partial charge is 0.339 e. The molecule has 0 atom stereocenters. The number of hydrogen-bond donors (Lipinski definition) is 1. The number of hydrogen-bond acceptors (Lipinski definition) is 7. The van der Waals surface area contributed by atoms with Gasteiger partial charge in [-0.05, 0) is 50.3 Å². The van der Waals surface area contributed by atoms with Crippen molar-refractivity contribution < 1.29 is 23.9 Å². The van der Waals surface area contributed by atoms with Crippen molar-refractivity contribution in [3.05, 3.63) is 40.3 Å². The number of ether oxygens (including phenoxy) is 1. The van der Waals surface area contributed by atoms with Crippen LogP contribution in [0.3, 0.4) is 0 Å². The molecule has 2 heterocycles. The lowest BCUT2D eigenvalue weighted by atomic mass is 10.1. The molecule has 1 saturated heterocycles. The number of nitrogens with one attached hydrogen (secondary N) is 1. The number of urea groups is 1. The van der Waals surface area contributed by atoms with Crippen molar-refractivity contribution in [1.82, 2.24) is 4.90 Å². The number of aryl methyl sites for hydroxylation is 1. The first kappa shape index (κ1) is 22.5. The molecule has 0 bridgehead atoms. The lowest BCUT2D eigenvalue weighted by Crippen LogP contribution is -2.39. The zero-order valence-corrected chi connectivity index (χ0v) is 18.9. The third kappa shape index (κ3) is 4.19. The van der Waals surface area contributed by atoms with E-state index in [2.05, 4.69) is 11.4 Å². The first-order chi connectivity index (χ1) is 16.0. The molecule has 0 radical (unpaired) electrons. The van der Waals surface area contributed by atoms with Crippen LogP contribution in [0.25, 0.3) is 0 Å². The van der Waals surface area contributed by atoms with Crippen molar-refractivity contribution in [2.45, 2.75) is 39.0 Å². The second-order valence-electron chi connectivity index (χ2n) is 7.64. The molecule has 1 N–H and O–H groups in total. The van der Waals surface area contributed by atoms with Crippen LogP contribution in [-0.4, -0.2) is 41.8 Å². The van der Waals surface area contributed by atoms with Gasteiger partial charge in [0.25, 0.3) is 0 Å². The topological polar surface area (TPSA) is 120 Å². The molecule has 9 nitrogen and oxygen atoms in total. The molecule has 1 fully saturated rings. The number of amides is 5. The summed E-state index contributed by atoms with van der Waals surface area (Å²) in [6.07, 6.45) is 4.77. The SMILES string of the molecule is CCOc1ccccc1N1C(=O)C(=O)N(CC(=O)Nc2sc3c(c2C#N)CCCCC3)C1=O. The summed E-state index contributed by atoms with van der Waals surface area (Å²) < 4.78 is 5.47. The van der Waals surface area contributed by atoms with Crippen molar-refractivity contribution in [1.29, 1.82) is 5.26 Å². The number of rotatable bonds is 6. The molecule has 10 heteroatoms. The number of benzene rings is 1. The highest BCUT2D eigenvalue weighted by molar-refractivity contribution is 7.16. The number of nitrogens with zero attached hydrogens (tertiary/aromatic N) is 3.